The van der Waals surface area contributed by atoms with Gasteiger partial charge in [0.05, 0.1) is 22.9 Å². The Balaban J connectivity index is 1.01. The number of carbonyl (C=O) groups is 6. The van der Waals surface area contributed by atoms with Gasteiger partial charge in [0.1, 0.15) is 17.3 Å². The summed E-state index contributed by atoms with van der Waals surface area (Å²) >= 11 is 0. The second-order valence-corrected chi connectivity index (χ2v) is 13.5. The number of benzene rings is 2. The third-order valence-electron chi connectivity index (χ3n) is 9.64. The maximum absolute atomic E-state index is 13.3. The van der Waals surface area contributed by atoms with Crippen LogP contribution in [-0.4, -0.2) is 68.0 Å². The Kier molecular flexibility index (Phi) is 11.9. The predicted octanol–water partition coefficient (Wildman–Crippen LogP) is 5.13. The molecule has 0 bridgehead atoms. The van der Waals surface area contributed by atoms with Gasteiger partial charge in [0.2, 0.25) is 23.6 Å². The van der Waals surface area contributed by atoms with Crippen LogP contribution in [0.2, 0.25) is 0 Å². The molecule has 2 aromatic carbocycles. The van der Waals surface area contributed by atoms with Gasteiger partial charge in [-0.3, -0.25) is 49.0 Å². The number of nitrogens with one attached hydrogen (secondary N) is 4. The zero-order chi connectivity index (χ0) is 38.2. The fourth-order valence-corrected chi connectivity index (χ4v) is 6.96. The van der Waals surface area contributed by atoms with Gasteiger partial charge >= 0.3 is 0 Å². The third-order valence-corrected chi connectivity index (χ3v) is 9.64. The van der Waals surface area contributed by atoms with E-state index in [4.69, 9.17) is 0 Å². The number of phenols is 1. The number of piperidine rings is 1. The van der Waals surface area contributed by atoms with Crippen LogP contribution in [0.4, 0.5) is 11.4 Å². The van der Waals surface area contributed by atoms with Crippen LogP contribution in [0, 0.1) is 0 Å². The van der Waals surface area contributed by atoms with Crippen molar-refractivity contribution < 1.29 is 33.9 Å². The van der Waals surface area contributed by atoms with Crippen molar-refractivity contribution in [2.45, 2.75) is 83.2 Å². The molecule has 0 spiro atoms. The van der Waals surface area contributed by atoms with E-state index in [1.165, 1.54) is 0 Å². The number of amides is 6. The van der Waals surface area contributed by atoms with Gasteiger partial charge in [0, 0.05) is 61.0 Å². The highest BCUT2D eigenvalue weighted by molar-refractivity contribution is 6.25. The second-order valence-electron chi connectivity index (χ2n) is 13.5. The summed E-state index contributed by atoms with van der Waals surface area (Å²) < 4.78 is 0. The predicted molar refractivity (Wildman–Crippen MR) is 200 cm³/mol. The lowest BCUT2D eigenvalue weighted by atomic mass is 9.96. The van der Waals surface area contributed by atoms with Gasteiger partial charge in [0.25, 0.3) is 11.8 Å². The van der Waals surface area contributed by atoms with Crippen LogP contribution in [0.25, 0.3) is 10.9 Å². The Morgan fingerprint density at radius 2 is 1.72 bits per heavy atom. The van der Waals surface area contributed by atoms with Crippen molar-refractivity contribution in [3.63, 3.8) is 0 Å². The van der Waals surface area contributed by atoms with Crippen molar-refractivity contribution in [1.82, 2.24) is 25.5 Å². The number of imide groups is 2. The normalized spacial score (nSPS) is 15.9. The summed E-state index contributed by atoms with van der Waals surface area (Å²) in [6.07, 6.45) is 10.2. The number of hydrogen-bond acceptors (Lipinski definition) is 10. The number of phenolic OH excluding ortho intramolecular Hbond substituents is 1. The topological polar surface area (TPSA) is 200 Å². The molecule has 6 rings (SSSR count). The Labute approximate surface area is 312 Å². The monoisotopic (exact) mass is 733 g/mol. The van der Waals surface area contributed by atoms with E-state index in [0.29, 0.717) is 59.2 Å². The lowest BCUT2D eigenvalue weighted by Crippen LogP contribution is -2.54. The fraction of sp³-hybridized carbons (Fsp3) is 0.350. The summed E-state index contributed by atoms with van der Waals surface area (Å²) in [5, 5.41) is 23.4. The van der Waals surface area contributed by atoms with Gasteiger partial charge in [-0.25, -0.2) is 0 Å². The lowest BCUT2D eigenvalue weighted by Gasteiger charge is -2.27. The maximum atomic E-state index is 13.3. The van der Waals surface area contributed by atoms with Crippen LogP contribution in [0.15, 0.2) is 67.1 Å². The van der Waals surface area contributed by atoms with Gasteiger partial charge in [-0.15, -0.1) is 0 Å². The van der Waals surface area contributed by atoms with E-state index in [1.807, 2.05) is 13.0 Å². The summed E-state index contributed by atoms with van der Waals surface area (Å²) in [7, 11) is 0. The molecule has 280 valence electrons. The van der Waals surface area contributed by atoms with E-state index < -0.39 is 35.7 Å². The largest absolute Gasteiger partial charge is 0.505 e. The molecule has 5 N–H and O–H groups in total. The molecule has 2 aliphatic rings. The molecule has 0 radical (unpaired) electrons. The average molecular weight is 734 g/mol. The van der Waals surface area contributed by atoms with Gasteiger partial charge < -0.3 is 21.1 Å². The Bertz CT molecular complexity index is 2090. The summed E-state index contributed by atoms with van der Waals surface area (Å²) in [6.45, 7) is 2.47. The first kappa shape index (κ1) is 37.6. The molecule has 0 aliphatic carbocycles. The minimum atomic E-state index is -1.02. The zero-order valence-electron chi connectivity index (χ0n) is 30.0. The molecule has 4 aromatic rings. The van der Waals surface area contributed by atoms with Gasteiger partial charge in [-0.1, -0.05) is 38.3 Å². The lowest BCUT2D eigenvalue weighted by molar-refractivity contribution is -0.136. The summed E-state index contributed by atoms with van der Waals surface area (Å²) in [6, 6.07) is 12.0. The molecule has 2 aromatic heterocycles. The van der Waals surface area contributed by atoms with Crippen LogP contribution in [0.1, 0.15) is 109 Å². The van der Waals surface area contributed by atoms with E-state index in [0.717, 1.165) is 30.6 Å². The van der Waals surface area contributed by atoms with Crippen molar-refractivity contribution in [3.05, 3.63) is 89.4 Å². The number of carbonyl (C=O) groups excluding carboxylic acids is 6. The molecule has 0 saturated carbocycles. The van der Waals surface area contributed by atoms with Crippen molar-refractivity contribution in [2.24, 2.45) is 0 Å². The minimum Gasteiger partial charge on any atom is -0.505 e. The molecule has 2 atom stereocenters. The van der Waals surface area contributed by atoms with Crippen molar-refractivity contribution in [1.29, 1.82) is 0 Å². The first-order valence-corrected chi connectivity index (χ1v) is 18.4. The van der Waals surface area contributed by atoms with Crippen LogP contribution >= 0.6 is 0 Å². The molecule has 1 saturated heterocycles. The molecule has 2 unspecified atom stereocenters. The van der Waals surface area contributed by atoms with Crippen molar-refractivity contribution >= 4 is 57.7 Å². The minimum absolute atomic E-state index is 0.0583. The van der Waals surface area contributed by atoms with E-state index in [2.05, 4.69) is 31.2 Å². The fourth-order valence-electron chi connectivity index (χ4n) is 6.96. The van der Waals surface area contributed by atoms with E-state index in [1.54, 1.807) is 61.1 Å². The highest BCUT2D eigenvalue weighted by atomic mass is 16.3. The number of hydrogen-bond donors (Lipinski definition) is 5. The zero-order valence-corrected chi connectivity index (χ0v) is 30.0. The smallest absolute Gasteiger partial charge is 0.264 e. The summed E-state index contributed by atoms with van der Waals surface area (Å²) in [5.74, 6) is -2.61. The maximum Gasteiger partial charge on any atom is 0.264 e. The quantitative estimate of drug-likeness (QED) is 0.0584. The average Bonchev–Trinajstić information content (AvgIpc) is 3.42. The van der Waals surface area contributed by atoms with Gasteiger partial charge in [0.15, 0.2) is 0 Å². The van der Waals surface area contributed by atoms with Crippen LogP contribution in [0.5, 0.6) is 5.75 Å². The third kappa shape index (κ3) is 8.22. The van der Waals surface area contributed by atoms with E-state index >= 15 is 0 Å². The second kappa shape index (κ2) is 17.1. The number of rotatable bonds is 16. The molecule has 54 heavy (non-hydrogen) atoms. The molecule has 14 nitrogen and oxygen atoms in total. The molecular weight excluding hydrogens is 690 g/mol. The number of aromatic nitrogens is 2. The van der Waals surface area contributed by atoms with E-state index in [9.17, 15) is 33.9 Å². The number of fused-ring (bicyclic) bond motifs is 2. The van der Waals surface area contributed by atoms with Crippen molar-refractivity contribution in [3.8, 4) is 5.75 Å². The SMILES string of the molecule is CCCC(=O)NC(c1cccnc1)c1cc(NC(=O)CCCCCCCNc2cccc3c2C(=O)N(C2CCC(=O)NC2=O)C3=O)c2cccnc2c1O. The first-order valence-electron chi connectivity index (χ1n) is 18.4. The van der Waals surface area contributed by atoms with Gasteiger partial charge in [-0.2, -0.15) is 0 Å². The number of unbranched alkanes of at least 4 members (excludes halogenated alkanes) is 4. The van der Waals surface area contributed by atoms with Crippen molar-refractivity contribution in [2.75, 3.05) is 17.2 Å². The highest BCUT2D eigenvalue weighted by Gasteiger charge is 2.45. The molecule has 4 heterocycles. The Morgan fingerprint density at radius 3 is 2.50 bits per heavy atom. The van der Waals surface area contributed by atoms with Crippen LogP contribution in [-0.2, 0) is 19.2 Å². The van der Waals surface area contributed by atoms with E-state index in [-0.39, 0.29) is 48.0 Å². The number of anilines is 2. The highest BCUT2D eigenvalue weighted by Crippen LogP contribution is 2.39. The van der Waals surface area contributed by atoms with Crippen LogP contribution in [0.3, 0.4) is 0 Å². The number of nitrogens with zero attached hydrogens (tertiary/aromatic N) is 3. The molecule has 1 fully saturated rings. The first-order chi connectivity index (χ1) is 26.2. The summed E-state index contributed by atoms with van der Waals surface area (Å²) in [5.41, 5.74) is 2.84. The van der Waals surface area contributed by atoms with Crippen LogP contribution < -0.4 is 21.3 Å². The molecule has 14 heteroatoms. The number of aromatic hydroxyl groups is 1. The van der Waals surface area contributed by atoms with Gasteiger partial charge in [-0.05, 0) is 67.6 Å². The molecule has 2 aliphatic heterocycles. The molecular formula is C40H43N7O7. The summed E-state index contributed by atoms with van der Waals surface area (Å²) in [4.78, 5) is 85.8. The standard InChI is InChI=1S/C40H43N7O7/c1-2-11-31(48)45-35(24-12-9-19-41-23-24)27-22-29(25-14-10-21-43-36(25)37(27)51)44-32(49)16-6-4-3-5-7-20-42-28-15-8-13-26-34(28)40(54)47(39(26)53)30-17-18-33(50)46-38(30)52/h8-10,12-15,19,21-23,30,35,42,51H,2-7,11,16-18,20H2,1H3,(H,44,49)(H,45,48)(H,46,50,52). The Hall–Kier alpha value is -6.18. The Morgan fingerprint density at radius 1 is 0.926 bits per heavy atom. The molecule has 6 amide bonds. The number of pyridine rings is 2.